The molecule has 2 saturated heterocycles. The third kappa shape index (κ3) is 7.94. The summed E-state index contributed by atoms with van der Waals surface area (Å²) in [4.78, 5) is 31.4. The van der Waals surface area contributed by atoms with Crippen LogP contribution < -0.4 is 21.3 Å². The van der Waals surface area contributed by atoms with E-state index in [1.807, 2.05) is 0 Å². The maximum atomic E-state index is 12.9. The summed E-state index contributed by atoms with van der Waals surface area (Å²) in [6.07, 6.45) is 21.7. The Morgan fingerprint density at radius 2 is 0.852 bits per heavy atom. The second-order valence-electron chi connectivity index (χ2n) is 18.6. The number of urea groups is 2. The van der Waals surface area contributed by atoms with Gasteiger partial charge in [-0.3, -0.25) is 9.80 Å². The summed E-state index contributed by atoms with van der Waals surface area (Å²) >= 11 is 0. The Balaban J connectivity index is 0.615. The molecule has 8 heteroatoms. The first kappa shape index (κ1) is 36.5. The highest BCUT2D eigenvalue weighted by molar-refractivity contribution is 5.74. The van der Waals surface area contributed by atoms with Crippen molar-refractivity contribution < 1.29 is 9.59 Å². The highest BCUT2D eigenvalue weighted by atomic mass is 16.2. The Kier molecular flexibility index (Phi) is 11.2. The standard InChI is InChI=1S/C46H66N6O2/c53-45(49-35-16-12-31(13-17-35)24-26-51-41-20-21-42(51)38-9-2-1-8-37(38)41)47-29-33-6-5-7-34(28-33)30-48-46(54)50-36-18-14-32(15-19-36)25-27-52-43-22-23-44(52)40-11-4-3-10-39(40)43/h1-4,8-11,31-36,41-44H,5-7,12-30H2,(H2,47,49,53)(H2,48,50,54)/t31-,32-,33?,34?,35-,36-,41-,42+,43-,44+. The zero-order valence-corrected chi connectivity index (χ0v) is 32.7. The number of carbonyl (C=O) groups is 2. The monoisotopic (exact) mass is 735 g/mol. The largest absolute Gasteiger partial charge is 0.338 e. The molecule has 4 heterocycles. The fourth-order valence-electron chi connectivity index (χ4n) is 12.5. The van der Waals surface area contributed by atoms with Crippen LogP contribution in [0.4, 0.5) is 9.59 Å². The molecular formula is C46H66N6O2. The first-order valence-electron chi connectivity index (χ1n) is 22.3. The molecule has 4 N–H and O–H groups in total. The molecule has 0 aromatic heterocycles. The van der Waals surface area contributed by atoms with Crippen molar-refractivity contribution in [3.05, 3.63) is 70.8 Å². The third-order valence-corrected chi connectivity index (χ3v) is 15.4. The van der Waals surface area contributed by atoms with E-state index in [-0.39, 0.29) is 12.1 Å². The minimum atomic E-state index is 0.00734. The van der Waals surface area contributed by atoms with E-state index in [1.165, 1.54) is 83.7 Å². The fraction of sp³-hybridized carbons (Fsp3) is 0.696. The van der Waals surface area contributed by atoms with Gasteiger partial charge in [-0.25, -0.2) is 9.59 Å². The minimum Gasteiger partial charge on any atom is -0.338 e. The fourth-order valence-corrected chi connectivity index (χ4v) is 12.5. The third-order valence-electron chi connectivity index (χ3n) is 15.4. The molecule has 8 nitrogen and oxygen atoms in total. The van der Waals surface area contributed by atoms with Crippen LogP contribution in [0, 0.1) is 23.7 Å². The summed E-state index contributed by atoms with van der Waals surface area (Å²) in [6.45, 7) is 3.90. The SMILES string of the molecule is O=C(NCC1CCCC(CNC(=O)N[C@H]2CC[C@H](CCN3[C@@H]4CC[C@H]3c3ccccc34)CC2)C1)N[C@H]1CC[C@H](CCN2[C@@H]3CC[C@H]2c2ccccc23)CC1. The van der Waals surface area contributed by atoms with Crippen LogP contribution in [-0.4, -0.2) is 60.1 Å². The summed E-state index contributed by atoms with van der Waals surface area (Å²) in [5.41, 5.74) is 6.34. The van der Waals surface area contributed by atoms with Gasteiger partial charge in [0.2, 0.25) is 0 Å². The predicted octanol–water partition coefficient (Wildman–Crippen LogP) is 9.07. The number of benzene rings is 2. The average molecular weight is 735 g/mol. The second-order valence-corrected chi connectivity index (χ2v) is 18.6. The zero-order valence-electron chi connectivity index (χ0n) is 32.7. The zero-order chi connectivity index (χ0) is 36.4. The van der Waals surface area contributed by atoms with E-state index in [0.717, 1.165) is 69.9 Å². The summed E-state index contributed by atoms with van der Waals surface area (Å²) < 4.78 is 0. The van der Waals surface area contributed by atoms with Crippen LogP contribution in [-0.2, 0) is 0 Å². The van der Waals surface area contributed by atoms with Crippen LogP contribution in [0.25, 0.3) is 0 Å². The number of hydrogen-bond donors (Lipinski definition) is 4. The number of fused-ring (bicyclic) bond motifs is 10. The van der Waals surface area contributed by atoms with Gasteiger partial charge < -0.3 is 21.3 Å². The van der Waals surface area contributed by atoms with Crippen molar-refractivity contribution in [3.8, 4) is 0 Å². The maximum absolute atomic E-state index is 12.9. The van der Waals surface area contributed by atoms with E-state index in [0.29, 0.717) is 48.1 Å². The number of nitrogens with zero attached hydrogens (tertiary/aromatic N) is 2. The quantitative estimate of drug-likeness (QED) is 0.175. The van der Waals surface area contributed by atoms with Crippen molar-refractivity contribution in [2.75, 3.05) is 26.2 Å². The first-order valence-corrected chi connectivity index (χ1v) is 22.3. The molecule has 5 fully saturated rings. The number of nitrogens with one attached hydrogen (secondary N) is 4. The van der Waals surface area contributed by atoms with Crippen LogP contribution in [0.3, 0.4) is 0 Å². The van der Waals surface area contributed by atoms with Gasteiger partial charge in [0.05, 0.1) is 0 Å². The number of rotatable bonds is 12. The smallest absolute Gasteiger partial charge is 0.315 e. The molecule has 4 aliphatic heterocycles. The molecule has 9 rings (SSSR count). The van der Waals surface area contributed by atoms with Crippen molar-refractivity contribution in [2.24, 2.45) is 23.7 Å². The lowest BCUT2D eigenvalue weighted by Gasteiger charge is -2.32. The number of amides is 4. The molecule has 292 valence electrons. The van der Waals surface area contributed by atoms with Crippen LogP contribution in [0.2, 0.25) is 0 Å². The molecule has 7 aliphatic rings. The Morgan fingerprint density at radius 3 is 1.22 bits per heavy atom. The highest BCUT2D eigenvalue weighted by Crippen LogP contribution is 2.54. The maximum Gasteiger partial charge on any atom is 0.315 e. The van der Waals surface area contributed by atoms with Gasteiger partial charge in [0.15, 0.2) is 0 Å². The molecule has 2 aromatic carbocycles. The predicted molar refractivity (Wildman–Crippen MR) is 215 cm³/mol. The van der Waals surface area contributed by atoms with Gasteiger partial charge >= 0.3 is 12.1 Å². The number of hydrogen-bond acceptors (Lipinski definition) is 4. The average Bonchev–Trinajstić information content (AvgIpc) is 3.97. The lowest BCUT2D eigenvalue weighted by Crippen LogP contribution is -2.46. The summed E-state index contributed by atoms with van der Waals surface area (Å²) in [7, 11) is 0. The van der Waals surface area contributed by atoms with Crippen molar-refractivity contribution in [3.63, 3.8) is 0 Å². The van der Waals surface area contributed by atoms with Gasteiger partial charge in [0, 0.05) is 49.3 Å². The Morgan fingerprint density at radius 1 is 0.481 bits per heavy atom. The molecular weight excluding hydrogens is 669 g/mol. The molecule has 6 atom stereocenters. The lowest BCUT2D eigenvalue weighted by molar-refractivity contribution is 0.184. The van der Waals surface area contributed by atoms with Gasteiger partial charge in [0.1, 0.15) is 0 Å². The Hall–Kier alpha value is -3.10. The van der Waals surface area contributed by atoms with Crippen molar-refractivity contribution in [2.45, 2.75) is 152 Å². The molecule has 3 saturated carbocycles. The van der Waals surface area contributed by atoms with Crippen LogP contribution in [0.15, 0.2) is 48.5 Å². The van der Waals surface area contributed by atoms with E-state index in [1.54, 1.807) is 22.3 Å². The molecule has 0 radical (unpaired) electrons. The lowest BCUT2D eigenvalue weighted by atomic mass is 9.81. The molecule has 4 bridgehead atoms. The van der Waals surface area contributed by atoms with E-state index in [9.17, 15) is 9.59 Å². The second kappa shape index (κ2) is 16.6. The molecule has 4 amide bonds. The van der Waals surface area contributed by atoms with Gasteiger partial charge in [-0.15, -0.1) is 0 Å². The van der Waals surface area contributed by atoms with E-state index >= 15 is 0 Å². The van der Waals surface area contributed by atoms with Crippen molar-refractivity contribution in [1.82, 2.24) is 31.1 Å². The summed E-state index contributed by atoms with van der Waals surface area (Å²) in [5, 5.41) is 13.0. The van der Waals surface area contributed by atoms with Gasteiger partial charge in [-0.1, -0.05) is 55.0 Å². The van der Waals surface area contributed by atoms with Gasteiger partial charge in [0.25, 0.3) is 0 Å². The Bertz CT molecular complexity index is 1420. The summed E-state index contributed by atoms with van der Waals surface area (Å²) in [6, 6.07) is 21.4. The van der Waals surface area contributed by atoms with Crippen LogP contribution in [0.1, 0.15) is 162 Å². The van der Waals surface area contributed by atoms with Crippen LogP contribution in [0.5, 0.6) is 0 Å². The molecule has 0 spiro atoms. The molecule has 54 heavy (non-hydrogen) atoms. The van der Waals surface area contributed by atoms with Crippen molar-refractivity contribution in [1.29, 1.82) is 0 Å². The molecule has 3 aliphatic carbocycles. The van der Waals surface area contributed by atoms with Gasteiger partial charge in [-0.2, -0.15) is 0 Å². The van der Waals surface area contributed by atoms with E-state index in [2.05, 4.69) is 79.6 Å². The highest BCUT2D eigenvalue weighted by Gasteiger charge is 2.44. The summed E-state index contributed by atoms with van der Waals surface area (Å²) in [5.74, 6) is 2.54. The minimum absolute atomic E-state index is 0.00734. The van der Waals surface area contributed by atoms with Crippen molar-refractivity contribution >= 4 is 12.1 Å². The molecule has 2 aromatic rings. The Labute approximate surface area is 324 Å². The van der Waals surface area contributed by atoms with E-state index in [4.69, 9.17) is 0 Å². The van der Waals surface area contributed by atoms with Gasteiger partial charge in [-0.05, 0) is 168 Å². The topological polar surface area (TPSA) is 88.7 Å². The normalized spacial score (nSPS) is 34.3. The van der Waals surface area contributed by atoms with Crippen LogP contribution >= 0.6 is 0 Å². The molecule has 2 unspecified atom stereocenters. The van der Waals surface area contributed by atoms with E-state index < -0.39 is 0 Å². The number of carbonyl (C=O) groups excluding carboxylic acids is 2. The first-order chi connectivity index (χ1) is 26.6.